The van der Waals surface area contributed by atoms with E-state index in [1.165, 1.54) is 11.3 Å². The van der Waals surface area contributed by atoms with E-state index in [0.29, 0.717) is 10.1 Å². The van der Waals surface area contributed by atoms with E-state index in [0.717, 1.165) is 21.6 Å². The normalized spacial score (nSPS) is 11.6. The zero-order valence-electron chi connectivity index (χ0n) is 25.2. The molecular weight excluding hydrogens is 579 g/mol. The summed E-state index contributed by atoms with van der Waals surface area (Å²) in [6, 6.07) is 15.2. The highest BCUT2D eigenvalue weighted by atomic mass is 32.2. The average molecular weight is 620 g/mol. The Morgan fingerprint density at radius 3 is 1.88 bits per heavy atom. The molecule has 0 spiro atoms. The molecule has 8 nitrogen and oxygen atoms in total. The maximum absolute atomic E-state index is 11.4. The molecule has 0 unspecified atom stereocenters. The second-order valence-corrected chi connectivity index (χ2v) is 14.7. The molecule has 0 saturated heterocycles. The lowest BCUT2D eigenvalue weighted by molar-refractivity contribution is -0.158. The van der Waals surface area contributed by atoms with Crippen LogP contribution in [0, 0.1) is 5.92 Å². The average Bonchev–Trinajstić information content (AvgIpc) is 3.57. The van der Waals surface area contributed by atoms with Gasteiger partial charge in [0.25, 0.3) is 0 Å². The Kier molecular flexibility index (Phi) is 12.9. The van der Waals surface area contributed by atoms with Crippen molar-refractivity contribution >= 4 is 49.7 Å². The van der Waals surface area contributed by atoms with Crippen LogP contribution in [0.1, 0.15) is 62.3 Å². The Labute approximate surface area is 252 Å². The molecular formula is C30H41N3O5S3. The minimum absolute atomic E-state index is 0.0285. The van der Waals surface area contributed by atoms with Crippen molar-refractivity contribution in [2.45, 2.75) is 84.3 Å². The molecule has 0 fully saturated rings. The first-order valence-corrected chi connectivity index (χ1v) is 16.6. The lowest BCUT2D eigenvalue weighted by atomic mass is 10.1. The largest absolute Gasteiger partial charge is 0.473 e. The van der Waals surface area contributed by atoms with Crippen LogP contribution in [-0.2, 0) is 19.6 Å². The van der Waals surface area contributed by atoms with Gasteiger partial charge < -0.3 is 9.47 Å². The Hall–Kier alpha value is -2.86. The number of thiophene rings is 2. The van der Waals surface area contributed by atoms with Crippen molar-refractivity contribution in [1.82, 2.24) is 14.7 Å². The molecule has 41 heavy (non-hydrogen) atoms. The van der Waals surface area contributed by atoms with Crippen molar-refractivity contribution in [2.24, 2.45) is 5.92 Å². The van der Waals surface area contributed by atoms with Gasteiger partial charge in [0.05, 0.1) is 27.9 Å². The van der Waals surface area contributed by atoms with Gasteiger partial charge in [-0.1, -0.05) is 38.1 Å². The fourth-order valence-corrected chi connectivity index (χ4v) is 6.03. The van der Waals surface area contributed by atoms with Gasteiger partial charge in [0.2, 0.25) is 15.9 Å². The quantitative estimate of drug-likeness (QED) is 0.213. The van der Waals surface area contributed by atoms with Crippen LogP contribution >= 0.6 is 22.7 Å². The van der Waals surface area contributed by atoms with Crippen LogP contribution in [0.4, 0.5) is 0 Å². The number of carbonyl (C=O) groups excluding carboxylic acids is 1. The van der Waals surface area contributed by atoms with Crippen LogP contribution in [0.15, 0.2) is 63.5 Å². The molecule has 224 valence electrons. The summed E-state index contributed by atoms with van der Waals surface area (Å²) in [5.41, 5.74) is 2.23. The molecule has 1 aromatic carbocycles. The number of para-hydroxylation sites is 2. The van der Waals surface area contributed by atoms with Gasteiger partial charge in [-0.05, 0) is 83.5 Å². The van der Waals surface area contributed by atoms with Crippen LogP contribution in [-0.4, -0.2) is 42.1 Å². The molecule has 0 aliphatic carbocycles. The zero-order valence-corrected chi connectivity index (χ0v) is 27.6. The molecule has 4 aromatic rings. The number of hydrogen-bond donors (Lipinski definition) is 1. The van der Waals surface area contributed by atoms with E-state index in [-0.39, 0.29) is 29.6 Å². The maximum Gasteiger partial charge on any atom is 0.308 e. The van der Waals surface area contributed by atoms with E-state index in [2.05, 4.69) is 9.71 Å². The van der Waals surface area contributed by atoms with Crippen LogP contribution in [0.25, 0.3) is 21.6 Å². The van der Waals surface area contributed by atoms with Gasteiger partial charge in [-0.2, -0.15) is 0 Å². The molecule has 0 saturated carbocycles. The SMILES string of the molecule is CC(C)C(=O)OC(C)(C)C.CC(C)NS(=O)(=O)c1cccs1.CC(C)Oc1nc2ccccc2nc1-c1cccs1. The highest BCUT2D eigenvalue weighted by molar-refractivity contribution is 7.91. The standard InChI is InChI=1S/C15H14N2OS.C8H16O2.C7H11NO2S2/c1-10(2)18-15-14(13-8-5-9-19-13)16-11-6-3-4-7-12(11)17-15;1-6(2)7(9)10-8(3,4)5;1-6(2)8-12(9,10)7-4-3-5-11-7/h3-10H,1-2H3;6H,1-5H3;3-6,8H,1-2H3. The molecule has 1 N–H and O–H groups in total. The van der Waals surface area contributed by atoms with E-state index in [9.17, 15) is 13.2 Å². The lowest BCUT2D eigenvalue weighted by Gasteiger charge is -2.20. The van der Waals surface area contributed by atoms with Crippen molar-refractivity contribution in [3.05, 3.63) is 59.3 Å². The minimum atomic E-state index is -3.25. The minimum Gasteiger partial charge on any atom is -0.473 e. The first-order valence-electron chi connectivity index (χ1n) is 13.3. The number of aromatic nitrogens is 2. The first-order chi connectivity index (χ1) is 19.1. The summed E-state index contributed by atoms with van der Waals surface area (Å²) < 4.78 is 36.6. The number of rotatable bonds is 7. The van der Waals surface area contributed by atoms with E-state index in [4.69, 9.17) is 14.5 Å². The number of nitrogens with zero attached hydrogens (tertiary/aromatic N) is 2. The zero-order chi connectivity index (χ0) is 30.8. The van der Waals surface area contributed by atoms with Crippen LogP contribution in [0.2, 0.25) is 0 Å². The smallest absolute Gasteiger partial charge is 0.308 e. The van der Waals surface area contributed by atoms with E-state index >= 15 is 0 Å². The first kappa shape index (κ1) is 34.3. The number of esters is 1. The Morgan fingerprint density at radius 1 is 0.854 bits per heavy atom. The second kappa shape index (κ2) is 15.4. The van der Waals surface area contributed by atoms with Crippen LogP contribution < -0.4 is 9.46 Å². The maximum atomic E-state index is 11.4. The fraction of sp³-hybridized carbons (Fsp3) is 0.433. The predicted octanol–water partition coefficient (Wildman–Crippen LogP) is 7.56. The molecule has 0 aliphatic rings. The van der Waals surface area contributed by atoms with Crippen LogP contribution in [0.3, 0.4) is 0 Å². The summed E-state index contributed by atoms with van der Waals surface area (Å²) in [4.78, 5) is 21.3. The molecule has 0 radical (unpaired) electrons. The third kappa shape index (κ3) is 11.9. The predicted molar refractivity (Wildman–Crippen MR) is 169 cm³/mol. The summed E-state index contributed by atoms with van der Waals surface area (Å²) in [6.07, 6.45) is 0.0779. The van der Waals surface area contributed by atoms with Crippen molar-refractivity contribution in [3.63, 3.8) is 0 Å². The van der Waals surface area contributed by atoms with E-state index in [1.54, 1.807) is 42.7 Å². The monoisotopic (exact) mass is 619 g/mol. The van der Waals surface area contributed by atoms with Gasteiger partial charge in [-0.15, -0.1) is 22.7 Å². The van der Waals surface area contributed by atoms with Gasteiger partial charge in [-0.25, -0.2) is 23.1 Å². The van der Waals surface area contributed by atoms with Crippen molar-refractivity contribution < 1.29 is 22.7 Å². The van der Waals surface area contributed by atoms with Gasteiger partial charge >= 0.3 is 5.97 Å². The summed E-state index contributed by atoms with van der Waals surface area (Å²) in [5, 5.41) is 3.78. The number of fused-ring (bicyclic) bond motifs is 1. The fourth-order valence-electron chi connectivity index (χ4n) is 3.07. The van der Waals surface area contributed by atoms with Gasteiger partial charge in [0.15, 0.2) is 0 Å². The molecule has 11 heteroatoms. The molecule has 4 rings (SSSR count). The third-order valence-corrected chi connectivity index (χ3v) is 8.60. The van der Waals surface area contributed by atoms with Crippen molar-refractivity contribution in [3.8, 4) is 16.5 Å². The lowest BCUT2D eigenvalue weighted by Crippen LogP contribution is -2.29. The number of nitrogens with one attached hydrogen (secondary N) is 1. The summed E-state index contributed by atoms with van der Waals surface area (Å²) in [5.74, 6) is 0.447. The van der Waals surface area contributed by atoms with Gasteiger partial charge in [-0.3, -0.25) is 4.79 Å². The Balaban J connectivity index is 0.000000232. The van der Waals surface area contributed by atoms with Gasteiger partial charge in [0.1, 0.15) is 15.5 Å². The Morgan fingerprint density at radius 2 is 1.44 bits per heavy atom. The van der Waals surface area contributed by atoms with E-state index in [1.807, 2.05) is 90.2 Å². The number of carbonyl (C=O) groups is 1. The molecule has 3 heterocycles. The molecule has 0 aliphatic heterocycles. The van der Waals surface area contributed by atoms with Crippen molar-refractivity contribution in [1.29, 1.82) is 0 Å². The number of ether oxygens (including phenoxy) is 2. The van der Waals surface area contributed by atoms with Crippen LogP contribution in [0.5, 0.6) is 5.88 Å². The van der Waals surface area contributed by atoms with Gasteiger partial charge in [0, 0.05) is 6.04 Å². The molecule has 0 bridgehead atoms. The number of benzene rings is 1. The molecule has 3 aromatic heterocycles. The topological polar surface area (TPSA) is 107 Å². The Bertz CT molecular complexity index is 1460. The highest BCUT2D eigenvalue weighted by Crippen LogP contribution is 2.32. The third-order valence-electron chi connectivity index (χ3n) is 4.67. The highest BCUT2D eigenvalue weighted by Gasteiger charge is 2.18. The summed E-state index contributed by atoms with van der Waals surface area (Å²) >= 11 is 2.86. The summed E-state index contributed by atoms with van der Waals surface area (Å²) in [6.45, 7) is 16.8. The summed E-state index contributed by atoms with van der Waals surface area (Å²) in [7, 11) is -3.25. The number of hydrogen-bond acceptors (Lipinski definition) is 9. The van der Waals surface area contributed by atoms with E-state index < -0.39 is 10.0 Å². The second-order valence-electron chi connectivity index (χ2n) is 10.9. The molecule has 0 amide bonds. The number of sulfonamides is 1. The van der Waals surface area contributed by atoms with Crippen molar-refractivity contribution in [2.75, 3.05) is 0 Å². The molecule has 0 atom stereocenters.